The van der Waals surface area contributed by atoms with Crippen LogP contribution in [0.2, 0.25) is 5.15 Å². The standard InChI is InChI=1S/C12H19ClN2/c1-9-10(2)14-15(12(9)13)11-7-5-3-4-6-8-11/h11H,3-8H2,1-2H3. The molecule has 0 N–H and O–H groups in total. The fraction of sp³-hybridized carbons (Fsp3) is 0.750. The summed E-state index contributed by atoms with van der Waals surface area (Å²) >= 11 is 6.30. The van der Waals surface area contributed by atoms with Crippen molar-refractivity contribution in [2.45, 2.75) is 58.4 Å². The van der Waals surface area contributed by atoms with Gasteiger partial charge in [0.1, 0.15) is 5.15 Å². The molecule has 0 saturated heterocycles. The average molecular weight is 227 g/mol. The molecular weight excluding hydrogens is 208 g/mol. The van der Waals surface area contributed by atoms with Crippen LogP contribution in [0.4, 0.5) is 0 Å². The van der Waals surface area contributed by atoms with E-state index in [1.54, 1.807) is 0 Å². The first kappa shape index (κ1) is 11.0. The molecule has 2 nitrogen and oxygen atoms in total. The van der Waals surface area contributed by atoms with Crippen molar-refractivity contribution in [3.8, 4) is 0 Å². The highest BCUT2D eigenvalue weighted by Gasteiger charge is 2.19. The van der Waals surface area contributed by atoms with Gasteiger partial charge in [-0.25, -0.2) is 0 Å². The van der Waals surface area contributed by atoms with Gasteiger partial charge in [-0.15, -0.1) is 0 Å². The molecule has 0 unspecified atom stereocenters. The highest BCUT2D eigenvalue weighted by atomic mass is 35.5. The molecule has 0 spiro atoms. The molecule has 3 heteroatoms. The second-order valence-corrected chi connectivity index (χ2v) is 4.95. The van der Waals surface area contributed by atoms with E-state index in [4.69, 9.17) is 11.6 Å². The van der Waals surface area contributed by atoms with Gasteiger partial charge >= 0.3 is 0 Å². The van der Waals surface area contributed by atoms with Crippen LogP contribution in [0.3, 0.4) is 0 Å². The predicted molar refractivity (Wildman–Crippen MR) is 63.5 cm³/mol. The average Bonchev–Trinajstić information content (AvgIpc) is 2.51. The third-order valence-electron chi connectivity index (χ3n) is 3.48. The van der Waals surface area contributed by atoms with Crippen molar-refractivity contribution >= 4 is 11.6 Å². The molecular formula is C12H19ClN2. The van der Waals surface area contributed by atoms with Crippen molar-refractivity contribution in [3.05, 3.63) is 16.4 Å². The van der Waals surface area contributed by atoms with Gasteiger partial charge in [0.05, 0.1) is 11.7 Å². The van der Waals surface area contributed by atoms with Crippen molar-refractivity contribution in [1.82, 2.24) is 9.78 Å². The van der Waals surface area contributed by atoms with Gasteiger partial charge < -0.3 is 0 Å². The van der Waals surface area contributed by atoms with Gasteiger partial charge in [0.2, 0.25) is 0 Å². The third kappa shape index (κ3) is 2.20. The summed E-state index contributed by atoms with van der Waals surface area (Å²) in [5, 5.41) is 5.41. The first-order valence-corrected chi connectivity index (χ1v) is 6.29. The second-order valence-electron chi connectivity index (χ2n) is 4.59. The Hall–Kier alpha value is -0.500. The minimum absolute atomic E-state index is 0.535. The summed E-state index contributed by atoms with van der Waals surface area (Å²) in [6.45, 7) is 4.09. The highest BCUT2D eigenvalue weighted by Crippen LogP contribution is 2.31. The molecule has 0 amide bonds. The quantitative estimate of drug-likeness (QED) is 0.661. The maximum absolute atomic E-state index is 6.30. The molecule has 0 radical (unpaired) electrons. The Morgan fingerprint density at radius 3 is 2.20 bits per heavy atom. The Bertz CT molecular complexity index is 336. The van der Waals surface area contributed by atoms with E-state index in [0.29, 0.717) is 6.04 Å². The Labute approximate surface area is 96.6 Å². The highest BCUT2D eigenvalue weighted by molar-refractivity contribution is 6.30. The summed E-state index contributed by atoms with van der Waals surface area (Å²) in [5.74, 6) is 0. The van der Waals surface area contributed by atoms with Gasteiger partial charge in [-0.05, 0) is 26.7 Å². The van der Waals surface area contributed by atoms with Crippen molar-refractivity contribution in [3.63, 3.8) is 0 Å². The smallest absolute Gasteiger partial charge is 0.130 e. The molecule has 84 valence electrons. The van der Waals surface area contributed by atoms with Crippen molar-refractivity contribution in [1.29, 1.82) is 0 Å². The Balaban J connectivity index is 2.23. The zero-order chi connectivity index (χ0) is 10.8. The van der Waals surface area contributed by atoms with E-state index in [1.807, 2.05) is 6.92 Å². The number of rotatable bonds is 1. The maximum Gasteiger partial charge on any atom is 0.130 e. The van der Waals surface area contributed by atoms with Crippen LogP contribution < -0.4 is 0 Å². The van der Waals surface area contributed by atoms with E-state index >= 15 is 0 Å². The molecule has 1 aromatic rings. The predicted octanol–water partition coefficient (Wildman–Crippen LogP) is 4.05. The first-order valence-electron chi connectivity index (χ1n) is 5.91. The Morgan fingerprint density at radius 2 is 1.73 bits per heavy atom. The van der Waals surface area contributed by atoms with Gasteiger partial charge in [0.15, 0.2) is 0 Å². The first-order chi connectivity index (χ1) is 7.20. The molecule has 0 aromatic carbocycles. The molecule has 1 aliphatic rings. The van der Waals surface area contributed by atoms with Crippen LogP contribution in [0.1, 0.15) is 55.8 Å². The van der Waals surface area contributed by atoms with Crippen LogP contribution >= 0.6 is 11.6 Å². The fourth-order valence-electron chi connectivity index (χ4n) is 2.35. The minimum atomic E-state index is 0.535. The summed E-state index contributed by atoms with van der Waals surface area (Å²) in [4.78, 5) is 0. The monoisotopic (exact) mass is 226 g/mol. The number of halogens is 1. The van der Waals surface area contributed by atoms with Crippen LogP contribution in [0.25, 0.3) is 0 Å². The summed E-state index contributed by atoms with van der Waals surface area (Å²) in [6, 6.07) is 0.535. The lowest BCUT2D eigenvalue weighted by molar-refractivity contribution is 0.404. The normalized spacial score (nSPS) is 19.1. The minimum Gasteiger partial charge on any atom is -0.250 e. The zero-order valence-electron chi connectivity index (χ0n) is 9.59. The van der Waals surface area contributed by atoms with Gasteiger partial charge in [-0.2, -0.15) is 5.10 Å². The Kier molecular flexibility index (Phi) is 3.35. The molecule has 0 aliphatic heterocycles. The molecule has 0 atom stereocenters. The Morgan fingerprint density at radius 1 is 1.13 bits per heavy atom. The maximum atomic E-state index is 6.30. The second kappa shape index (κ2) is 4.56. The molecule has 1 saturated carbocycles. The number of nitrogens with zero attached hydrogens (tertiary/aromatic N) is 2. The molecule has 2 rings (SSSR count). The van der Waals surface area contributed by atoms with E-state index < -0.39 is 0 Å². The van der Waals surface area contributed by atoms with Crippen molar-refractivity contribution in [2.75, 3.05) is 0 Å². The fourth-order valence-corrected chi connectivity index (χ4v) is 2.66. The van der Waals surface area contributed by atoms with Gasteiger partial charge in [-0.1, -0.05) is 37.3 Å². The van der Waals surface area contributed by atoms with E-state index in [-0.39, 0.29) is 0 Å². The van der Waals surface area contributed by atoms with Gasteiger partial charge in [0.25, 0.3) is 0 Å². The summed E-state index contributed by atoms with van der Waals surface area (Å²) < 4.78 is 2.05. The van der Waals surface area contributed by atoms with E-state index in [2.05, 4.69) is 16.7 Å². The lowest BCUT2D eigenvalue weighted by Gasteiger charge is -2.15. The van der Waals surface area contributed by atoms with E-state index in [0.717, 1.165) is 16.4 Å². The van der Waals surface area contributed by atoms with E-state index in [1.165, 1.54) is 38.5 Å². The van der Waals surface area contributed by atoms with Crippen molar-refractivity contribution < 1.29 is 0 Å². The van der Waals surface area contributed by atoms with Gasteiger partial charge in [0, 0.05) is 5.56 Å². The molecule has 1 aliphatic carbocycles. The lowest BCUT2D eigenvalue weighted by atomic mass is 10.1. The van der Waals surface area contributed by atoms with E-state index in [9.17, 15) is 0 Å². The number of aromatic nitrogens is 2. The van der Waals surface area contributed by atoms with Crippen LogP contribution in [0.15, 0.2) is 0 Å². The molecule has 1 fully saturated rings. The molecule has 1 heterocycles. The number of hydrogen-bond donors (Lipinski definition) is 0. The molecule has 0 bridgehead atoms. The van der Waals surface area contributed by atoms with Crippen LogP contribution in [-0.2, 0) is 0 Å². The van der Waals surface area contributed by atoms with Crippen molar-refractivity contribution in [2.24, 2.45) is 0 Å². The van der Waals surface area contributed by atoms with Gasteiger partial charge in [-0.3, -0.25) is 4.68 Å². The SMILES string of the molecule is Cc1nn(C2CCCCCC2)c(Cl)c1C. The molecule has 15 heavy (non-hydrogen) atoms. The van der Waals surface area contributed by atoms with Crippen LogP contribution in [0, 0.1) is 13.8 Å². The number of aryl methyl sites for hydroxylation is 1. The lowest BCUT2D eigenvalue weighted by Crippen LogP contribution is -2.10. The summed E-state index contributed by atoms with van der Waals surface area (Å²) in [5.41, 5.74) is 2.21. The largest absolute Gasteiger partial charge is 0.250 e. The third-order valence-corrected chi connectivity index (χ3v) is 3.94. The summed E-state index contributed by atoms with van der Waals surface area (Å²) in [6.07, 6.45) is 7.85. The van der Waals surface area contributed by atoms with Crippen LogP contribution in [-0.4, -0.2) is 9.78 Å². The molecule has 1 aromatic heterocycles. The number of hydrogen-bond acceptors (Lipinski definition) is 1. The topological polar surface area (TPSA) is 17.8 Å². The van der Waals surface area contributed by atoms with Crippen LogP contribution in [0.5, 0.6) is 0 Å². The summed E-state index contributed by atoms with van der Waals surface area (Å²) in [7, 11) is 0. The zero-order valence-corrected chi connectivity index (χ0v) is 10.3.